The number of halogens is 1. The largest absolute Gasteiger partial charge is 0.329 e. The molecule has 2 rings (SSSR count). The second kappa shape index (κ2) is 6.10. The maximum absolute atomic E-state index is 12.4. The molecule has 1 aromatic rings. The standard InChI is InChI=1S/C12H20N2O2S2.ClH/c1-9-7-11(10(2)17-9)18(15,16)14-12(8-13)5-3-4-6-12;/h7,14H,3-6,8,13H2,1-2H3;1H. The van der Waals surface area contributed by atoms with E-state index in [4.69, 9.17) is 5.73 Å². The lowest BCUT2D eigenvalue weighted by atomic mass is 10.0. The first-order valence-electron chi connectivity index (χ1n) is 6.20. The van der Waals surface area contributed by atoms with Crippen LogP contribution >= 0.6 is 23.7 Å². The van der Waals surface area contributed by atoms with Gasteiger partial charge in [0.1, 0.15) is 0 Å². The van der Waals surface area contributed by atoms with Gasteiger partial charge in [-0.2, -0.15) is 0 Å². The number of nitrogens with one attached hydrogen (secondary N) is 1. The molecule has 7 heteroatoms. The van der Waals surface area contributed by atoms with Crippen LogP contribution in [0.4, 0.5) is 0 Å². The van der Waals surface area contributed by atoms with Crippen molar-refractivity contribution in [2.45, 2.75) is 50.0 Å². The smallest absolute Gasteiger partial charge is 0.242 e. The van der Waals surface area contributed by atoms with E-state index >= 15 is 0 Å². The second-order valence-corrected chi connectivity index (χ2v) is 8.19. The zero-order valence-electron chi connectivity index (χ0n) is 11.2. The minimum atomic E-state index is -3.44. The minimum Gasteiger partial charge on any atom is -0.329 e. The number of hydrogen-bond acceptors (Lipinski definition) is 4. The molecule has 3 N–H and O–H groups in total. The summed E-state index contributed by atoms with van der Waals surface area (Å²) in [5.41, 5.74) is 5.34. The van der Waals surface area contributed by atoms with E-state index in [9.17, 15) is 8.42 Å². The summed E-state index contributed by atoms with van der Waals surface area (Å²) in [6.45, 7) is 4.13. The third kappa shape index (κ3) is 3.49. The van der Waals surface area contributed by atoms with Crippen molar-refractivity contribution in [1.29, 1.82) is 0 Å². The molecule has 110 valence electrons. The summed E-state index contributed by atoms with van der Waals surface area (Å²) in [5, 5.41) is 0. The molecule has 0 radical (unpaired) electrons. The highest BCUT2D eigenvalue weighted by Gasteiger charge is 2.37. The van der Waals surface area contributed by atoms with Crippen molar-refractivity contribution in [3.05, 3.63) is 15.8 Å². The van der Waals surface area contributed by atoms with E-state index in [1.54, 1.807) is 6.07 Å². The highest BCUT2D eigenvalue weighted by Crippen LogP contribution is 2.32. The van der Waals surface area contributed by atoms with Crippen molar-refractivity contribution < 1.29 is 8.42 Å². The zero-order valence-corrected chi connectivity index (χ0v) is 13.7. The second-order valence-electron chi connectivity index (χ2n) is 5.07. The van der Waals surface area contributed by atoms with E-state index < -0.39 is 15.6 Å². The Balaban J connectivity index is 0.00000180. The number of sulfonamides is 1. The first-order valence-corrected chi connectivity index (χ1v) is 8.50. The van der Waals surface area contributed by atoms with Crippen LogP contribution in [0, 0.1) is 13.8 Å². The maximum atomic E-state index is 12.4. The van der Waals surface area contributed by atoms with E-state index in [1.165, 1.54) is 11.3 Å². The van der Waals surface area contributed by atoms with Crippen LogP contribution < -0.4 is 10.5 Å². The van der Waals surface area contributed by atoms with Gasteiger partial charge < -0.3 is 5.73 Å². The van der Waals surface area contributed by atoms with Gasteiger partial charge in [0.15, 0.2) is 0 Å². The number of aryl methyl sites for hydroxylation is 2. The topological polar surface area (TPSA) is 72.2 Å². The van der Waals surface area contributed by atoms with E-state index in [0.29, 0.717) is 11.4 Å². The molecule has 0 aromatic carbocycles. The SMILES string of the molecule is Cc1cc(S(=O)(=O)NC2(CN)CCCC2)c(C)s1.Cl. The molecule has 1 saturated carbocycles. The molecular formula is C12H21ClN2O2S2. The summed E-state index contributed by atoms with van der Waals surface area (Å²) in [4.78, 5) is 2.26. The van der Waals surface area contributed by atoms with Crippen LogP contribution in [0.2, 0.25) is 0 Å². The summed E-state index contributed by atoms with van der Waals surface area (Å²) >= 11 is 1.51. The van der Waals surface area contributed by atoms with Crippen molar-refractivity contribution in [1.82, 2.24) is 4.72 Å². The zero-order chi connectivity index (χ0) is 13.4. The van der Waals surface area contributed by atoms with Crippen LogP contribution in [0.25, 0.3) is 0 Å². The minimum absolute atomic E-state index is 0. The molecule has 0 bridgehead atoms. The van der Waals surface area contributed by atoms with Gasteiger partial charge in [-0.1, -0.05) is 12.8 Å². The monoisotopic (exact) mass is 324 g/mol. The lowest BCUT2D eigenvalue weighted by molar-refractivity contribution is 0.399. The number of thiophene rings is 1. The van der Waals surface area contributed by atoms with Crippen LogP contribution in [-0.4, -0.2) is 20.5 Å². The summed E-state index contributed by atoms with van der Waals surface area (Å²) < 4.78 is 27.7. The van der Waals surface area contributed by atoms with Gasteiger partial charge in [0.2, 0.25) is 10.0 Å². The van der Waals surface area contributed by atoms with Gasteiger partial charge in [-0.15, -0.1) is 23.7 Å². The molecule has 19 heavy (non-hydrogen) atoms. The first kappa shape index (κ1) is 16.9. The summed E-state index contributed by atoms with van der Waals surface area (Å²) in [6.07, 6.45) is 3.76. The van der Waals surface area contributed by atoms with Gasteiger partial charge >= 0.3 is 0 Å². The van der Waals surface area contributed by atoms with Crippen LogP contribution in [0.1, 0.15) is 35.4 Å². The van der Waals surface area contributed by atoms with Crippen molar-refractivity contribution in [2.24, 2.45) is 5.73 Å². The third-order valence-electron chi connectivity index (χ3n) is 3.59. The van der Waals surface area contributed by atoms with Crippen LogP contribution in [0.5, 0.6) is 0 Å². The van der Waals surface area contributed by atoms with E-state index in [0.717, 1.165) is 35.4 Å². The van der Waals surface area contributed by atoms with Crippen LogP contribution in [0.3, 0.4) is 0 Å². The molecule has 0 spiro atoms. The Hall–Kier alpha value is -0.140. The molecule has 1 fully saturated rings. The average molecular weight is 325 g/mol. The predicted octanol–water partition coefficient (Wildman–Crippen LogP) is 2.34. The Morgan fingerprint density at radius 1 is 1.37 bits per heavy atom. The fourth-order valence-corrected chi connectivity index (χ4v) is 5.64. The Morgan fingerprint density at radius 3 is 2.37 bits per heavy atom. The Kier molecular flexibility index (Phi) is 5.43. The normalized spacial score (nSPS) is 18.3. The van der Waals surface area contributed by atoms with Gasteiger partial charge in [0.25, 0.3) is 0 Å². The van der Waals surface area contributed by atoms with Crippen LogP contribution in [-0.2, 0) is 10.0 Å². The Bertz CT molecular complexity index is 534. The van der Waals surface area contributed by atoms with Gasteiger partial charge in [-0.3, -0.25) is 0 Å². The molecule has 0 aliphatic heterocycles. The van der Waals surface area contributed by atoms with Crippen molar-refractivity contribution >= 4 is 33.8 Å². The summed E-state index contributed by atoms with van der Waals surface area (Å²) in [5.74, 6) is 0. The maximum Gasteiger partial charge on any atom is 0.242 e. The molecule has 1 aromatic heterocycles. The van der Waals surface area contributed by atoms with E-state index in [-0.39, 0.29) is 12.4 Å². The van der Waals surface area contributed by atoms with Crippen molar-refractivity contribution in [3.8, 4) is 0 Å². The molecule has 0 saturated heterocycles. The molecule has 0 atom stereocenters. The number of hydrogen-bond donors (Lipinski definition) is 2. The van der Waals surface area contributed by atoms with Crippen molar-refractivity contribution in [2.75, 3.05) is 6.54 Å². The van der Waals surface area contributed by atoms with Crippen molar-refractivity contribution in [3.63, 3.8) is 0 Å². The molecule has 1 aliphatic rings. The highest BCUT2D eigenvalue weighted by atomic mass is 35.5. The molecule has 0 amide bonds. The number of rotatable bonds is 4. The molecule has 1 heterocycles. The molecule has 1 aliphatic carbocycles. The first-order chi connectivity index (χ1) is 8.38. The van der Waals surface area contributed by atoms with Gasteiger partial charge in [0, 0.05) is 21.8 Å². The van der Waals surface area contributed by atoms with E-state index in [2.05, 4.69) is 4.72 Å². The van der Waals surface area contributed by atoms with Crippen LogP contribution in [0.15, 0.2) is 11.0 Å². The lowest BCUT2D eigenvalue weighted by Crippen LogP contribution is -2.51. The van der Waals surface area contributed by atoms with Gasteiger partial charge in [-0.05, 0) is 32.8 Å². The quantitative estimate of drug-likeness (QED) is 0.893. The summed E-state index contributed by atoms with van der Waals surface area (Å²) in [6, 6.07) is 1.74. The predicted molar refractivity (Wildman–Crippen MR) is 81.6 cm³/mol. The van der Waals surface area contributed by atoms with Gasteiger partial charge in [-0.25, -0.2) is 13.1 Å². The summed E-state index contributed by atoms with van der Waals surface area (Å²) in [7, 11) is -3.44. The fourth-order valence-electron chi connectivity index (χ4n) is 2.61. The average Bonchev–Trinajstić information content (AvgIpc) is 2.86. The Morgan fingerprint density at radius 2 is 1.95 bits per heavy atom. The van der Waals surface area contributed by atoms with Gasteiger partial charge in [0.05, 0.1) is 4.90 Å². The molecule has 4 nitrogen and oxygen atoms in total. The fraction of sp³-hybridized carbons (Fsp3) is 0.667. The number of nitrogens with two attached hydrogens (primary N) is 1. The lowest BCUT2D eigenvalue weighted by Gasteiger charge is -2.28. The third-order valence-corrected chi connectivity index (χ3v) is 6.39. The highest BCUT2D eigenvalue weighted by molar-refractivity contribution is 7.89. The molecular weight excluding hydrogens is 304 g/mol. The van der Waals surface area contributed by atoms with E-state index in [1.807, 2.05) is 13.8 Å². The Labute approximate surface area is 125 Å². The molecule has 0 unspecified atom stereocenters.